The summed E-state index contributed by atoms with van der Waals surface area (Å²) in [7, 11) is -0.721. The van der Waals surface area contributed by atoms with Crippen LogP contribution in [0.2, 0.25) is 0 Å². The summed E-state index contributed by atoms with van der Waals surface area (Å²) in [5.41, 5.74) is 0. The van der Waals surface area contributed by atoms with Gasteiger partial charge in [0.25, 0.3) is 0 Å². The molecule has 4 heteroatoms. The summed E-state index contributed by atoms with van der Waals surface area (Å²) in [6, 6.07) is 0. The zero-order valence-electron chi connectivity index (χ0n) is 3.88. The maximum Gasteiger partial charge on any atom is 0.113 e. The van der Waals surface area contributed by atoms with E-state index in [0.29, 0.717) is 6.42 Å². The van der Waals surface area contributed by atoms with Gasteiger partial charge in [-0.05, 0) is 30.0 Å². The molecular formula is C3H6OS3. The van der Waals surface area contributed by atoms with Crippen LogP contribution in [0.5, 0.6) is 0 Å². The van der Waals surface area contributed by atoms with E-state index in [4.69, 9.17) is 5.11 Å². The summed E-state index contributed by atoms with van der Waals surface area (Å²) in [6.45, 7) is 1.83. The minimum absolute atomic E-state index is 0.255. The van der Waals surface area contributed by atoms with Crippen LogP contribution in [0.1, 0.15) is 13.3 Å². The molecule has 42 valence electrons. The van der Waals surface area contributed by atoms with Crippen LogP contribution in [0.25, 0.3) is 0 Å². The van der Waals surface area contributed by atoms with Gasteiger partial charge >= 0.3 is 0 Å². The first-order valence-electron chi connectivity index (χ1n) is 1.82. The second kappa shape index (κ2) is 3.49. The van der Waals surface area contributed by atoms with Gasteiger partial charge in [0.2, 0.25) is 0 Å². The third-order valence-electron chi connectivity index (χ3n) is 0.495. The fraction of sp³-hybridized carbons (Fsp3) is 0.667. The van der Waals surface area contributed by atoms with E-state index in [1.54, 1.807) is 0 Å². The molecule has 1 N–H and O–H groups in total. The largest absolute Gasteiger partial charge is 0.354 e. The summed E-state index contributed by atoms with van der Waals surface area (Å²) < 4.78 is 0. The SMILES string of the molecule is CCC(O)=S(=S)=S. The highest BCUT2D eigenvalue weighted by atomic mass is 33.1. The van der Waals surface area contributed by atoms with Gasteiger partial charge in [-0.2, -0.15) is 0 Å². The van der Waals surface area contributed by atoms with Gasteiger partial charge < -0.3 is 5.11 Å². The topological polar surface area (TPSA) is 20.2 Å². The molecule has 0 aliphatic rings. The predicted octanol–water partition coefficient (Wildman–Crippen LogP) is 0.626. The maximum atomic E-state index is 8.66. The number of aliphatic hydroxyl groups is 1. The van der Waals surface area contributed by atoms with Crippen molar-refractivity contribution in [3.63, 3.8) is 0 Å². The van der Waals surface area contributed by atoms with E-state index in [0.717, 1.165) is 0 Å². The van der Waals surface area contributed by atoms with Crippen molar-refractivity contribution < 1.29 is 5.11 Å². The van der Waals surface area contributed by atoms with Crippen LogP contribution in [0.4, 0.5) is 0 Å². The van der Waals surface area contributed by atoms with E-state index >= 15 is 0 Å². The second-order valence-corrected chi connectivity index (χ2v) is 4.56. The highest BCUT2D eigenvalue weighted by Gasteiger charge is 1.79. The molecule has 0 heterocycles. The van der Waals surface area contributed by atoms with Crippen molar-refractivity contribution in [1.82, 2.24) is 0 Å². The van der Waals surface area contributed by atoms with E-state index in [1.807, 2.05) is 6.92 Å². The van der Waals surface area contributed by atoms with E-state index < -0.39 is 7.60 Å². The van der Waals surface area contributed by atoms with E-state index in [-0.39, 0.29) is 5.05 Å². The molecule has 0 radical (unpaired) electrons. The molecule has 0 aromatic rings. The van der Waals surface area contributed by atoms with Gasteiger partial charge in [-0.25, -0.2) is 0 Å². The Hall–Kier alpha value is 0.490. The van der Waals surface area contributed by atoms with Crippen LogP contribution in [-0.4, -0.2) is 10.2 Å². The van der Waals surface area contributed by atoms with Crippen LogP contribution in [-0.2, 0) is 30.0 Å². The number of hydrogen-bond acceptors (Lipinski definition) is 2. The van der Waals surface area contributed by atoms with E-state index in [1.165, 1.54) is 0 Å². The van der Waals surface area contributed by atoms with Crippen LogP contribution >= 0.6 is 0 Å². The molecule has 0 spiro atoms. The van der Waals surface area contributed by atoms with Crippen molar-refractivity contribution in [3.05, 3.63) is 0 Å². The number of hydrogen-bond donors (Lipinski definition) is 1. The molecule has 0 aromatic heterocycles. The van der Waals surface area contributed by atoms with Crippen LogP contribution in [0.15, 0.2) is 0 Å². The molecule has 7 heavy (non-hydrogen) atoms. The molecular weight excluding hydrogens is 148 g/mol. The zero-order valence-corrected chi connectivity index (χ0v) is 6.33. The lowest BCUT2D eigenvalue weighted by molar-refractivity contribution is 0.553. The van der Waals surface area contributed by atoms with Crippen molar-refractivity contribution in [2.75, 3.05) is 0 Å². The molecule has 0 fully saturated rings. The Kier molecular flexibility index (Phi) is 3.73. The molecule has 0 amide bonds. The van der Waals surface area contributed by atoms with Gasteiger partial charge in [0, 0.05) is 6.42 Å². The molecule has 0 aromatic carbocycles. The normalized spacial score (nSPS) is 8.29. The number of rotatable bonds is 1. The van der Waals surface area contributed by atoms with E-state index in [9.17, 15) is 0 Å². The average Bonchev–Trinajstić information content (AvgIpc) is 1.65. The van der Waals surface area contributed by atoms with Crippen LogP contribution < -0.4 is 0 Å². The molecule has 0 aliphatic heterocycles. The first-order chi connectivity index (χ1) is 3.18. The molecule has 0 aliphatic carbocycles. The molecule has 0 bridgehead atoms. The third-order valence-corrected chi connectivity index (χ3v) is 2.32. The van der Waals surface area contributed by atoms with Gasteiger partial charge in [-0.1, -0.05) is 6.92 Å². The Bertz CT molecular complexity index is 157. The Morgan fingerprint density at radius 1 is 1.71 bits per heavy atom. The molecule has 0 saturated heterocycles. The minimum Gasteiger partial charge on any atom is -0.354 e. The standard InChI is InChI=1S/C3H6OS3/c1-2-3(4)7(5)6/h4H,2H2,1H3. The fourth-order valence-electron chi connectivity index (χ4n) is 0.118. The fourth-order valence-corrected chi connectivity index (χ4v) is 1.06. The molecule has 0 atom stereocenters. The van der Waals surface area contributed by atoms with Gasteiger partial charge in [-0.15, -0.1) is 0 Å². The molecule has 0 rings (SSSR count). The number of aliphatic hydroxyl groups excluding tert-OH is 1. The Morgan fingerprint density at radius 2 is 2.14 bits per heavy atom. The summed E-state index contributed by atoms with van der Waals surface area (Å²) in [5, 5.41) is 8.91. The minimum atomic E-state index is -0.721. The average molecular weight is 154 g/mol. The third kappa shape index (κ3) is 3.11. The summed E-state index contributed by atoms with van der Waals surface area (Å²) >= 11 is 9.11. The molecule has 0 saturated carbocycles. The highest BCUT2D eigenvalue weighted by molar-refractivity contribution is 8.45. The van der Waals surface area contributed by atoms with Crippen molar-refractivity contribution in [2.45, 2.75) is 13.3 Å². The molecule has 1 nitrogen and oxygen atoms in total. The lowest BCUT2D eigenvalue weighted by atomic mass is 10.5. The van der Waals surface area contributed by atoms with Gasteiger partial charge in [0.05, 0.1) is 0 Å². The van der Waals surface area contributed by atoms with Crippen molar-refractivity contribution in [2.24, 2.45) is 0 Å². The smallest absolute Gasteiger partial charge is 0.113 e. The van der Waals surface area contributed by atoms with Gasteiger partial charge in [0.1, 0.15) is 5.05 Å². The van der Waals surface area contributed by atoms with Crippen LogP contribution in [0, 0.1) is 0 Å². The van der Waals surface area contributed by atoms with Crippen molar-refractivity contribution in [3.8, 4) is 0 Å². The lowest BCUT2D eigenvalue weighted by Crippen LogP contribution is -1.90. The van der Waals surface area contributed by atoms with Gasteiger partial charge in [-0.3, -0.25) is 0 Å². The van der Waals surface area contributed by atoms with E-state index in [2.05, 4.69) is 22.4 Å². The summed E-state index contributed by atoms with van der Waals surface area (Å²) in [5.74, 6) is 0. The zero-order chi connectivity index (χ0) is 5.86. The highest BCUT2D eigenvalue weighted by Crippen LogP contribution is 1.72. The Balaban J connectivity index is 4.33. The quantitative estimate of drug-likeness (QED) is 0.559. The first kappa shape index (κ1) is 7.49. The predicted molar refractivity (Wildman–Crippen MR) is 40.0 cm³/mol. The first-order valence-corrected chi connectivity index (χ1v) is 4.90. The lowest BCUT2D eigenvalue weighted by Gasteiger charge is -1.80. The second-order valence-electron chi connectivity index (χ2n) is 0.982. The van der Waals surface area contributed by atoms with Gasteiger partial charge in [0.15, 0.2) is 0 Å². The van der Waals surface area contributed by atoms with Crippen molar-refractivity contribution in [1.29, 1.82) is 0 Å². The Morgan fingerprint density at radius 3 is 2.14 bits per heavy atom. The maximum absolute atomic E-state index is 8.66. The summed E-state index contributed by atoms with van der Waals surface area (Å²) in [6.07, 6.45) is 0.593. The van der Waals surface area contributed by atoms with Crippen LogP contribution in [0.3, 0.4) is 0 Å². The van der Waals surface area contributed by atoms with Crippen molar-refractivity contribution >= 4 is 35.0 Å². The summed E-state index contributed by atoms with van der Waals surface area (Å²) in [4.78, 5) is 0. The monoisotopic (exact) mass is 154 g/mol. The molecule has 0 unspecified atom stereocenters. The Labute approximate surface area is 53.8 Å².